The van der Waals surface area contributed by atoms with Crippen LogP contribution in [0.1, 0.15) is 12.0 Å². The number of likely N-dealkylation sites (N-methyl/N-ethyl adjacent to an activating group) is 1. The summed E-state index contributed by atoms with van der Waals surface area (Å²) >= 11 is 0. The summed E-state index contributed by atoms with van der Waals surface area (Å²) in [5.41, 5.74) is 0.995. The molecule has 98 valence electrons. The molecular weight excluding hydrogens is 234 g/mol. The molecular formula is C13H17NO4. The zero-order valence-electron chi connectivity index (χ0n) is 10.5. The maximum Gasteiger partial charge on any atom is 0.312 e. The van der Waals surface area contributed by atoms with Gasteiger partial charge < -0.3 is 14.7 Å². The number of amides is 1. The van der Waals surface area contributed by atoms with Crippen LogP contribution in [-0.4, -0.2) is 42.6 Å². The first-order valence-electron chi connectivity index (χ1n) is 5.62. The molecule has 0 bridgehead atoms. The van der Waals surface area contributed by atoms with E-state index in [1.165, 1.54) is 4.90 Å². The van der Waals surface area contributed by atoms with E-state index in [-0.39, 0.29) is 0 Å². The summed E-state index contributed by atoms with van der Waals surface area (Å²) in [6, 6.07) is 7.56. The minimum Gasteiger partial charge on any atom is -0.496 e. The number of hydrogen-bond acceptors (Lipinski definition) is 3. The fraction of sp³-hybridized carbons (Fsp3) is 0.385. The third-order valence-electron chi connectivity index (χ3n) is 2.64. The van der Waals surface area contributed by atoms with Crippen LogP contribution in [0.15, 0.2) is 24.3 Å². The second-order valence-corrected chi connectivity index (χ2v) is 3.95. The van der Waals surface area contributed by atoms with Crippen LogP contribution >= 0.6 is 0 Å². The lowest BCUT2D eigenvalue weighted by Gasteiger charge is -2.17. The highest BCUT2D eigenvalue weighted by atomic mass is 16.5. The number of carboxylic acids is 1. The van der Waals surface area contributed by atoms with Gasteiger partial charge in [0.2, 0.25) is 5.91 Å². The molecule has 1 aromatic carbocycles. The molecule has 0 fully saturated rings. The number of benzene rings is 1. The second-order valence-electron chi connectivity index (χ2n) is 3.95. The van der Waals surface area contributed by atoms with Gasteiger partial charge in [-0.25, -0.2) is 0 Å². The van der Waals surface area contributed by atoms with Crippen LogP contribution in [0.2, 0.25) is 0 Å². The topological polar surface area (TPSA) is 66.8 Å². The highest BCUT2D eigenvalue weighted by Gasteiger charge is 2.13. The van der Waals surface area contributed by atoms with Gasteiger partial charge in [-0.05, 0) is 18.1 Å². The Balaban J connectivity index is 2.54. The maximum atomic E-state index is 11.4. The summed E-state index contributed by atoms with van der Waals surface area (Å²) < 4.78 is 5.21. The molecule has 1 rings (SSSR count). The van der Waals surface area contributed by atoms with E-state index in [4.69, 9.17) is 9.84 Å². The molecule has 0 radical (unpaired) electrons. The Morgan fingerprint density at radius 2 is 2.00 bits per heavy atom. The minimum atomic E-state index is -1.11. The number of aliphatic carboxylic acids is 1. The van der Waals surface area contributed by atoms with E-state index < -0.39 is 18.3 Å². The molecule has 5 heteroatoms. The van der Waals surface area contributed by atoms with Crippen molar-refractivity contribution in [3.05, 3.63) is 29.8 Å². The van der Waals surface area contributed by atoms with Crippen molar-refractivity contribution in [3.8, 4) is 5.75 Å². The average molecular weight is 251 g/mol. The van der Waals surface area contributed by atoms with Gasteiger partial charge in [0, 0.05) is 13.6 Å². The Hall–Kier alpha value is -2.04. The molecule has 1 amide bonds. The Bertz CT molecular complexity index is 431. The Labute approximate surface area is 106 Å². The van der Waals surface area contributed by atoms with Gasteiger partial charge in [0.15, 0.2) is 0 Å². The van der Waals surface area contributed by atoms with Gasteiger partial charge in [-0.15, -0.1) is 0 Å². The summed E-state index contributed by atoms with van der Waals surface area (Å²) in [5.74, 6) is -0.724. The molecule has 0 aliphatic heterocycles. The molecule has 0 saturated heterocycles. The lowest BCUT2D eigenvalue weighted by molar-refractivity contribution is -0.143. The van der Waals surface area contributed by atoms with Gasteiger partial charge in [-0.1, -0.05) is 18.2 Å². The quantitative estimate of drug-likeness (QED) is 0.771. The van der Waals surface area contributed by atoms with Gasteiger partial charge in [-0.2, -0.15) is 0 Å². The van der Waals surface area contributed by atoms with Crippen LogP contribution in [0.25, 0.3) is 0 Å². The number of ether oxygens (including phenoxy) is 1. The summed E-state index contributed by atoms with van der Waals surface area (Å²) in [6.45, 7) is 0.465. The van der Waals surface area contributed by atoms with E-state index in [1.54, 1.807) is 14.2 Å². The van der Waals surface area contributed by atoms with E-state index in [0.717, 1.165) is 11.3 Å². The van der Waals surface area contributed by atoms with Crippen molar-refractivity contribution in [1.82, 2.24) is 4.90 Å². The summed E-state index contributed by atoms with van der Waals surface area (Å²) in [7, 11) is 3.19. The van der Waals surface area contributed by atoms with Gasteiger partial charge in [-0.3, -0.25) is 9.59 Å². The molecule has 18 heavy (non-hydrogen) atoms. The Kier molecular flexibility index (Phi) is 5.17. The van der Waals surface area contributed by atoms with Gasteiger partial charge >= 0.3 is 5.97 Å². The van der Waals surface area contributed by atoms with E-state index in [1.807, 2.05) is 24.3 Å². The predicted octanol–water partition coefficient (Wildman–Crippen LogP) is 1.17. The molecule has 0 aliphatic carbocycles. The Morgan fingerprint density at radius 1 is 1.33 bits per heavy atom. The van der Waals surface area contributed by atoms with Crippen LogP contribution < -0.4 is 4.74 Å². The van der Waals surface area contributed by atoms with Crippen LogP contribution in [0.5, 0.6) is 5.75 Å². The first kappa shape index (κ1) is 14.0. The fourth-order valence-electron chi connectivity index (χ4n) is 1.59. The average Bonchev–Trinajstić information content (AvgIpc) is 2.35. The summed E-state index contributed by atoms with van der Waals surface area (Å²) in [6.07, 6.45) is 0.161. The van der Waals surface area contributed by atoms with E-state index in [2.05, 4.69) is 0 Å². The first-order valence-corrected chi connectivity index (χ1v) is 5.62. The van der Waals surface area contributed by atoms with Gasteiger partial charge in [0.05, 0.1) is 7.11 Å². The number of carbonyl (C=O) groups is 2. The maximum absolute atomic E-state index is 11.4. The highest BCUT2D eigenvalue weighted by molar-refractivity contribution is 5.93. The number of para-hydroxylation sites is 1. The zero-order chi connectivity index (χ0) is 13.5. The normalized spacial score (nSPS) is 9.89. The number of hydrogen-bond donors (Lipinski definition) is 1. The van der Waals surface area contributed by atoms with Crippen LogP contribution in [0, 0.1) is 0 Å². The van der Waals surface area contributed by atoms with E-state index in [0.29, 0.717) is 13.0 Å². The molecule has 0 aromatic heterocycles. The third-order valence-corrected chi connectivity index (χ3v) is 2.64. The SMILES string of the molecule is COc1ccccc1CCN(C)C(=O)CC(=O)O. The third kappa shape index (κ3) is 4.08. The van der Waals surface area contributed by atoms with Crippen molar-refractivity contribution < 1.29 is 19.4 Å². The lowest BCUT2D eigenvalue weighted by Crippen LogP contribution is -2.30. The van der Waals surface area contributed by atoms with Crippen LogP contribution in [0.3, 0.4) is 0 Å². The largest absolute Gasteiger partial charge is 0.496 e. The predicted molar refractivity (Wildman–Crippen MR) is 66.6 cm³/mol. The standard InChI is InChI=1S/C13H17NO4/c1-14(12(15)9-13(16)17)8-7-10-5-3-4-6-11(10)18-2/h3-6H,7-9H2,1-2H3,(H,16,17). The van der Waals surface area contributed by atoms with Crippen LogP contribution in [-0.2, 0) is 16.0 Å². The Morgan fingerprint density at radius 3 is 2.61 bits per heavy atom. The molecule has 0 aliphatic rings. The number of nitrogens with zero attached hydrogens (tertiary/aromatic N) is 1. The monoisotopic (exact) mass is 251 g/mol. The molecule has 0 unspecified atom stereocenters. The smallest absolute Gasteiger partial charge is 0.312 e. The zero-order valence-corrected chi connectivity index (χ0v) is 10.5. The molecule has 0 atom stereocenters. The minimum absolute atomic E-state index is 0.391. The molecule has 0 spiro atoms. The number of carbonyl (C=O) groups excluding carboxylic acids is 1. The number of rotatable bonds is 6. The van der Waals surface area contributed by atoms with Crippen molar-refractivity contribution >= 4 is 11.9 Å². The van der Waals surface area contributed by atoms with Gasteiger partial charge in [0.25, 0.3) is 0 Å². The molecule has 0 saturated carbocycles. The van der Waals surface area contributed by atoms with Crippen molar-refractivity contribution in [1.29, 1.82) is 0 Å². The fourth-order valence-corrected chi connectivity index (χ4v) is 1.59. The van der Waals surface area contributed by atoms with Crippen molar-refractivity contribution in [2.24, 2.45) is 0 Å². The molecule has 1 aromatic rings. The molecule has 0 heterocycles. The number of methoxy groups -OCH3 is 1. The first-order chi connectivity index (χ1) is 8.54. The van der Waals surface area contributed by atoms with Crippen LogP contribution in [0.4, 0.5) is 0 Å². The van der Waals surface area contributed by atoms with E-state index >= 15 is 0 Å². The second kappa shape index (κ2) is 6.64. The molecule has 5 nitrogen and oxygen atoms in total. The molecule has 1 N–H and O–H groups in total. The van der Waals surface area contributed by atoms with E-state index in [9.17, 15) is 9.59 Å². The summed E-state index contributed by atoms with van der Waals surface area (Å²) in [5, 5.41) is 8.53. The highest BCUT2D eigenvalue weighted by Crippen LogP contribution is 2.17. The van der Waals surface area contributed by atoms with Crippen molar-refractivity contribution in [2.45, 2.75) is 12.8 Å². The summed E-state index contributed by atoms with van der Waals surface area (Å²) in [4.78, 5) is 23.3. The lowest BCUT2D eigenvalue weighted by atomic mass is 10.1. The van der Waals surface area contributed by atoms with Crippen molar-refractivity contribution in [2.75, 3.05) is 20.7 Å². The van der Waals surface area contributed by atoms with Crippen molar-refractivity contribution in [3.63, 3.8) is 0 Å². The van der Waals surface area contributed by atoms with Gasteiger partial charge in [0.1, 0.15) is 12.2 Å². The number of carboxylic acid groups (broad SMARTS) is 1.